The molecule has 0 atom stereocenters. The van der Waals surface area contributed by atoms with Gasteiger partial charge in [0.2, 0.25) is 0 Å². The molecule has 0 radical (unpaired) electrons. The smallest absolute Gasteiger partial charge is 0.0534 e. The SMILES string of the molecule is CNCC1=NNCC1. The molecule has 1 rings (SSSR count). The van der Waals surface area contributed by atoms with Crippen molar-refractivity contribution in [3.63, 3.8) is 0 Å². The van der Waals surface area contributed by atoms with Gasteiger partial charge in [-0.05, 0) is 7.05 Å². The van der Waals surface area contributed by atoms with Gasteiger partial charge in [0.1, 0.15) is 0 Å². The van der Waals surface area contributed by atoms with Crippen molar-refractivity contribution in [2.75, 3.05) is 20.1 Å². The van der Waals surface area contributed by atoms with E-state index in [1.165, 1.54) is 5.71 Å². The first kappa shape index (κ1) is 5.56. The first-order valence-corrected chi connectivity index (χ1v) is 2.86. The maximum absolute atomic E-state index is 4.03. The van der Waals surface area contributed by atoms with Gasteiger partial charge >= 0.3 is 0 Å². The molecule has 0 aromatic rings. The van der Waals surface area contributed by atoms with Crippen molar-refractivity contribution in [3.05, 3.63) is 0 Å². The van der Waals surface area contributed by atoms with Crippen LogP contribution in [0.15, 0.2) is 5.10 Å². The topological polar surface area (TPSA) is 36.4 Å². The van der Waals surface area contributed by atoms with Crippen LogP contribution in [0.3, 0.4) is 0 Å². The molecule has 0 spiro atoms. The summed E-state index contributed by atoms with van der Waals surface area (Å²) in [7, 11) is 1.93. The van der Waals surface area contributed by atoms with Gasteiger partial charge in [-0.1, -0.05) is 0 Å². The summed E-state index contributed by atoms with van der Waals surface area (Å²) in [6.07, 6.45) is 1.10. The Balaban J connectivity index is 2.23. The van der Waals surface area contributed by atoms with Gasteiger partial charge in [-0.3, -0.25) is 0 Å². The lowest BCUT2D eigenvalue weighted by Crippen LogP contribution is -2.16. The van der Waals surface area contributed by atoms with E-state index >= 15 is 0 Å². The Labute approximate surface area is 49.2 Å². The van der Waals surface area contributed by atoms with E-state index in [1.807, 2.05) is 7.05 Å². The second-order valence-corrected chi connectivity index (χ2v) is 1.87. The molecule has 0 aromatic heterocycles. The molecule has 3 nitrogen and oxygen atoms in total. The van der Waals surface area contributed by atoms with Crippen molar-refractivity contribution in [1.29, 1.82) is 0 Å². The molecule has 0 aromatic carbocycles. The summed E-state index contributed by atoms with van der Waals surface area (Å²) >= 11 is 0. The van der Waals surface area contributed by atoms with Crippen molar-refractivity contribution in [2.24, 2.45) is 5.10 Å². The average molecular weight is 113 g/mol. The third-order valence-electron chi connectivity index (χ3n) is 1.14. The van der Waals surface area contributed by atoms with Gasteiger partial charge in [-0.15, -0.1) is 0 Å². The molecular weight excluding hydrogens is 102 g/mol. The summed E-state index contributed by atoms with van der Waals surface area (Å²) in [6, 6.07) is 0. The van der Waals surface area contributed by atoms with Crippen LogP contribution in [-0.4, -0.2) is 25.8 Å². The van der Waals surface area contributed by atoms with Crippen molar-refractivity contribution in [1.82, 2.24) is 10.7 Å². The zero-order valence-corrected chi connectivity index (χ0v) is 5.07. The molecule has 1 aliphatic rings. The van der Waals surface area contributed by atoms with Crippen LogP contribution >= 0.6 is 0 Å². The van der Waals surface area contributed by atoms with Crippen LogP contribution in [-0.2, 0) is 0 Å². The van der Waals surface area contributed by atoms with Gasteiger partial charge in [0, 0.05) is 19.5 Å². The average Bonchev–Trinajstić information content (AvgIpc) is 2.19. The van der Waals surface area contributed by atoms with Gasteiger partial charge in [0.05, 0.1) is 5.71 Å². The summed E-state index contributed by atoms with van der Waals surface area (Å²) in [5, 5.41) is 7.07. The van der Waals surface area contributed by atoms with Gasteiger partial charge in [0.25, 0.3) is 0 Å². The van der Waals surface area contributed by atoms with Crippen LogP contribution < -0.4 is 10.7 Å². The fraction of sp³-hybridized carbons (Fsp3) is 0.800. The molecular formula is C5H11N3. The predicted octanol–water partition coefficient (Wildman–Crippen LogP) is -0.445. The van der Waals surface area contributed by atoms with E-state index in [1.54, 1.807) is 0 Å². The van der Waals surface area contributed by atoms with E-state index in [0.717, 1.165) is 19.5 Å². The minimum absolute atomic E-state index is 0.924. The van der Waals surface area contributed by atoms with Gasteiger partial charge < -0.3 is 10.7 Å². The predicted molar refractivity (Wildman–Crippen MR) is 34.0 cm³/mol. The highest BCUT2D eigenvalue weighted by atomic mass is 15.3. The Morgan fingerprint density at radius 3 is 3.25 bits per heavy atom. The van der Waals surface area contributed by atoms with Crippen LogP contribution in [0.5, 0.6) is 0 Å². The van der Waals surface area contributed by atoms with Crippen LogP contribution in [0.2, 0.25) is 0 Å². The highest BCUT2D eigenvalue weighted by Crippen LogP contribution is 1.89. The molecule has 0 bridgehead atoms. The lowest BCUT2D eigenvalue weighted by atomic mass is 10.3. The molecule has 0 saturated carbocycles. The second-order valence-electron chi connectivity index (χ2n) is 1.87. The molecule has 1 aliphatic heterocycles. The summed E-state index contributed by atoms with van der Waals surface area (Å²) in [5.41, 5.74) is 4.13. The summed E-state index contributed by atoms with van der Waals surface area (Å²) < 4.78 is 0. The molecule has 0 unspecified atom stereocenters. The zero-order valence-electron chi connectivity index (χ0n) is 5.07. The van der Waals surface area contributed by atoms with E-state index < -0.39 is 0 Å². The molecule has 3 heteroatoms. The minimum atomic E-state index is 0.924. The van der Waals surface area contributed by atoms with Crippen molar-refractivity contribution in [2.45, 2.75) is 6.42 Å². The first-order chi connectivity index (χ1) is 3.93. The van der Waals surface area contributed by atoms with Crippen LogP contribution in [0.4, 0.5) is 0 Å². The third-order valence-corrected chi connectivity index (χ3v) is 1.14. The standard InChI is InChI=1S/C5H11N3/c1-6-4-5-2-3-7-8-5/h6-7H,2-4H2,1H3. The number of nitrogens with zero attached hydrogens (tertiary/aromatic N) is 1. The largest absolute Gasteiger partial charge is 0.314 e. The van der Waals surface area contributed by atoms with E-state index in [0.29, 0.717) is 0 Å². The molecule has 0 amide bonds. The van der Waals surface area contributed by atoms with Crippen molar-refractivity contribution in [3.8, 4) is 0 Å². The minimum Gasteiger partial charge on any atom is -0.314 e. The summed E-state index contributed by atoms with van der Waals surface area (Å²) in [5.74, 6) is 0. The molecule has 1 heterocycles. The van der Waals surface area contributed by atoms with Crippen LogP contribution in [0.25, 0.3) is 0 Å². The summed E-state index contributed by atoms with van der Waals surface area (Å²) in [6.45, 7) is 1.93. The summed E-state index contributed by atoms with van der Waals surface area (Å²) in [4.78, 5) is 0. The Morgan fingerprint density at radius 1 is 1.88 bits per heavy atom. The maximum atomic E-state index is 4.03. The van der Waals surface area contributed by atoms with Gasteiger partial charge in [-0.2, -0.15) is 5.10 Å². The number of rotatable bonds is 2. The highest BCUT2D eigenvalue weighted by Gasteiger charge is 2.02. The number of nitrogens with one attached hydrogen (secondary N) is 2. The fourth-order valence-electron chi connectivity index (χ4n) is 0.756. The molecule has 46 valence electrons. The number of hydrogen-bond acceptors (Lipinski definition) is 3. The Hall–Kier alpha value is -0.570. The first-order valence-electron chi connectivity index (χ1n) is 2.86. The molecule has 8 heavy (non-hydrogen) atoms. The van der Waals surface area contributed by atoms with E-state index in [-0.39, 0.29) is 0 Å². The normalized spacial score (nSPS) is 17.9. The molecule has 0 saturated heterocycles. The Morgan fingerprint density at radius 2 is 2.75 bits per heavy atom. The number of hydrazone groups is 1. The Kier molecular flexibility index (Phi) is 1.86. The Bertz CT molecular complexity index is 97.8. The van der Waals surface area contributed by atoms with Crippen molar-refractivity contribution >= 4 is 5.71 Å². The third kappa shape index (κ3) is 1.20. The lowest BCUT2D eigenvalue weighted by Gasteiger charge is -1.92. The van der Waals surface area contributed by atoms with E-state index in [2.05, 4.69) is 15.8 Å². The van der Waals surface area contributed by atoms with Crippen molar-refractivity contribution < 1.29 is 0 Å². The molecule has 0 aliphatic carbocycles. The molecule has 2 N–H and O–H groups in total. The molecule has 0 fully saturated rings. The zero-order chi connectivity index (χ0) is 5.82. The quantitative estimate of drug-likeness (QED) is 0.509. The fourth-order valence-corrected chi connectivity index (χ4v) is 0.756. The second kappa shape index (κ2) is 2.67. The van der Waals surface area contributed by atoms with Gasteiger partial charge in [-0.25, -0.2) is 0 Å². The maximum Gasteiger partial charge on any atom is 0.0534 e. The number of hydrogen-bond donors (Lipinski definition) is 2. The van der Waals surface area contributed by atoms with E-state index in [4.69, 9.17) is 0 Å². The lowest BCUT2D eigenvalue weighted by molar-refractivity contribution is 0.813. The monoisotopic (exact) mass is 113 g/mol. The van der Waals surface area contributed by atoms with Crippen LogP contribution in [0, 0.1) is 0 Å². The highest BCUT2D eigenvalue weighted by molar-refractivity contribution is 5.87. The van der Waals surface area contributed by atoms with Gasteiger partial charge in [0.15, 0.2) is 0 Å². The van der Waals surface area contributed by atoms with E-state index in [9.17, 15) is 0 Å². The van der Waals surface area contributed by atoms with Crippen LogP contribution in [0.1, 0.15) is 6.42 Å².